The van der Waals surface area contributed by atoms with Gasteiger partial charge in [-0.25, -0.2) is 8.42 Å². The van der Waals surface area contributed by atoms with Crippen LogP contribution in [0.3, 0.4) is 0 Å². The summed E-state index contributed by atoms with van der Waals surface area (Å²) in [4.78, 5) is 27.3. The van der Waals surface area contributed by atoms with Crippen LogP contribution in [0.1, 0.15) is 25.8 Å². The van der Waals surface area contributed by atoms with E-state index >= 15 is 0 Å². The average molecular weight is 466 g/mol. The molecule has 0 unspecified atom stereocenters. The number of hydrogen-bond acceptors (Lipinski definition) is 4. The Bertz CT molecular complexity index is 982. The maximum absolute atomic E-state index is 13.2. The van der Waals surface area contributed by atoms with Crippen LogP contribution in [0.25, 0.3) is 0 Å². The number of nitrogens with zero attached hydrogens (tertiary/aromatic N) is 2. The summed E-state index contributed by atoms with van der Waals surface area (Å²) in [6.07, 6.45) is 0.401. The minimum absolute atomic E-state index is 0.0394. The number of amides is 2. The molecule has 2 aromatic carbocycles. The van der Waals surface area contributed by atoms with Crippen molar-refractivity contribution in [2.75, 3.05) is 20.1 Å². The van der Waals surface area contributed by atoms with Crippen LogP contribution in [0.5, 0.6) is 0 Å². The monoisotopic (exact) mass is 465 g/mol. The zero-order chi connectivity index (χ0) is 23.0. The van der Waals surface area contributed by atoms with Crippen molar-refractivity contribution < 1.29 is 18.0 Å². The zero-order valence-corrected chi connectivity index (χ0v) is 19.5. The molecule has 0 saturated heterocycles. The predicted octanol–water partition coefficient (Wildman–Crippen LogP) is 2.90. The minimum Gasteiger partial charge on any atom is -0.355 e. The Morgan fingerprint density at radius 3 is 2.19 bits per heavy atom. The lowest BCUT2D eigenvalue weighted by Gasteiger charge is -2.31. The maximum Gasteiger partial charge on any atom is 0.243 e. The smallest absolute Gasteiger partial charge is 0.243 e. The number of benzene rings is 2. The Balaban J connectivity index is 2.28. The molecular formula is C22H28ClN3O4S. The van der Waals surface area contributed by atoms with Gasteiger partial charge < -0.3 is 10.2 Å². The lowest BCUT2D eigenvalue weighted by atomic mass is 10.1. The number of carbonyl (C=O) groups is 2. The lowest BCUT2D eigenvalue weighted by Crippen LogP contribution is -2.51. The Labute approximate surface area is 189 Å². The van der Waals surface area contributed by atoms with E-state index in [1.807, 2.05) is 37.3 Å². The summed E-state index contributed by atoms with van der Waals surface area (Å²) < 4.78 is 26.7. The molecule has 0 spiro atoms. The third kappa shape index (κ3) is 6.53. The molecule has 7 nitrogen and oxygen atoms in total. The maximum atomic E-state index is 13.2. The minimum atomic E-state index is -3.89. The van der Waals surface area contributed by atoms with Gasteiger partial charge in [-0.05, 0) is 43.2 Å². The van der Waals surface area contributed by atoms with Crippen molar-refractivity contribution in [1.29, 1.82) is 0 Å². The van der Waals surface area contributed by atoms with E-state index in [1.54, 1.807) is 6.92 Å². The number of hydrogen-bond donors (Lipinski definition) is 1. The highest BCUT2D eigenvalue weighted by Gasteiger charge is 2.31. The van der Waals surface area contributed by atoms with Gasteiger partial charge in [-0.15, -0.1) is 0 Å². The first-order chi connectivity index (χ1) is 14.7. The topological polar surface area (TPSA) is 86.8 Å². The second kappa shape index (κ2) is 11.3. The highest BCUT2D eigenvalue weighted by molar-refractivity contribution is 7.89. The van der Waals surface area contributed by atoms with Crippen LogP contribution in [0.15, 0.2) is 59.5 Å². The molecule has 0 aliphatic carbocycles. The average Bonchev–Trinajstić information content (AvgIpc) is 2.74. The largest absolute Gasteiger partial charge is 0.355 e. The van der Waals surface area contributed by atoms with Crippen LogP contribution in [0.2, 0.25) is 5.02 Å². The molecule has 2 aromatic rings. The molecule has 0 aromatic heterocycles. The third-order valence-corrected chi connectivity index (χ3v) is 6.88. The van der Waals surface area contributed by atoms with E-state index in [2.05, 4.69) is 5.32 Å². The molecule has 9 heteroatoms. The fourth-order valence-electron chi connectivity index (χ4n) is 3.14. The van der Waals surface area contributed by atoms with Crippen LogP contribution >= 0.6 is 11.6 Å². The first kappa shape index (κ1) is 24.8. The summed E-state index contributed by atoms with van der Waals surface area (Å²) in [5, 5.41) is 3.17. The Hall–Kier alpha value is -2.42. The van der Waals surface area contributed by atoms with Gasteiger partial charge in [-0.3, -0.25) is 9.59 Å². The van der Waals surface area contributed by atoms with Crippen molar-refractivity contribution in [3.63, 3.8) is 0 Å². The summed E-state index contributed by atoms with van der Waals surface area (Å²) >= 11 is 5.84. The summed E-state index contributed by atoms with van der Waals surface area (Å²) in [7, 11) is -2.55. The molecule has 168 valence electrons. The molecular weight excluding hydrogens is 438 g/mol. The van der Waals surface area contributed by atoms with Crippen molar-refractivity contribution >= 4 is 33.4 Å². The van der Waals surface area contributed by atoms with Crippen molar-refractivity contribution in [2.45, 2.75) is 37.8 Å². The molecule has 31 heavy (non-hydrogen) atoms. The zero-order valence-electron chi connectivity index (χ0n) is 17.9. The second-order valence-electron chi connectivity index (χ2n) is 7.04. The van der Waals surface area contributed by atoms with E-state index in [4.69, 9.17) is 11.6 Å². The fraction of sp³-hybridized carbons (Fsp3) is 0.364. The lowest BCUT2D eigenvalue weighted by molar-refractivity contribution is -0.141. The van der Waals surface area contributed by atoms with Crippen LogP contribution in [0.4, 0.5) is 0 Å². The van der Waals surface area contributed by atoms with Gasteiger partial charge in [0.25, 0.3) is 0 Å². The molecule has 0 radical (unpaired) electrons. The number of likely N-dealkylation sites (N-methyl/N-ethyl adjacent to an activating group) is 2. The summed E-state index contributed by atoms with van der Waals surface area (Å²) in [5.41, 5.74) is 0.849. The van der Waals surface area contributed by atoms with Crippen molar-refractivity contribution in [3.8, 4) is 0 Å². The first-order valence-corrected chi connectivity index (χ1v) is 11.9. The van der Waals surface area contributed by atoms with Gasteiger partial charge in [-0.1, -0.05) is 48.9 Å². The number of sulfonamides is 1. The van der Waals surface area contributed by atoms with E-state index < -0.39 is 28.5 Å². The quantitative estimate of drug-likeness (QED) is 0.584. The van der Waals surface area contributed by atoms with E-state index in [0.29, 0.717) is 18.0 Å². The first-order valence-electron chi connectivity index (χ1n) is 10.0. The molecule has 2 amide bonds. The highest BCUT2D eigenvalue weighted by Crippen LogP contribution is 2.19. The van der Waals surface area contributed by atoms with E-state index in [9.17, 15) is 18.0 Å². The van der Waals surface area contributed by atoms with Gasteiger partial charge in [-0.2, -0.15) is 4.31 Å². The molecule has 0 heterocycles. The standard InChI is InChI=1S/C22H28ClN3O4S/c1-4-20(22(28)24-5-2)26(15-17-9-7-6-8-10-17)21(27)16-25(3)31(29,30)19-13-11-18(23)12-14-19/h6-14,20H,4-5,15-16H2,1-3H3,(H,24,28)/t20-/m1/s1. The molecule has 0 fully saturated rings. The van der Waals surface area contributed by atoms with Gasteiger partial charge >= 0.3 is 0 Å². The molecule has 0 saturated carbocycles. The SMILES string of the molecule is CCNC(=O)[C@@H](CC)N(Cc1ccccc1)C(=O)CN(C)S(=O)(=O)c1ccc(Cl)cc1. The molecule has 1 N–H and O–H groups in total. The summed E-state index contributed by atoms with van der Waals surface area (Å²) in [6, 6.07) is 14.3. The third-order valence-electron chi connectivity index (χ3n) is 4.81. The molecule has 0 aliphatic heterocycles. The molecule has 2 rings (SSSR count). The summed E-state index contributed by atoms with van der Waals surface area (Å²) in [5.74, 6) is -0.723. The Kier molecular flexibility index (Phi) is 9.03. The van der Waals surface area contributed by atoms with Crippen LogP contribution < -0.4 is 5.32 Å². The van der Waals surface area contributed by atoms with Crippen molar-refractivity contribution in [2.24, 2.45) is 0 Å². The number of nitrogens with one attached hydrogen (secondary N) is 1. The second-order valence-corrected chi connectivity index (χ2v) is 9.52. The van der Waals surface area contributed by atoms with Crippen molar-refractivity contribution in [3.05, 3.63) is 65.2 Å². The van der Waals surface area contributed by atoms with E-state index in [1.165, 1.54) is 36.2 Å². The molecule has 0 bridgehead atoms. The Morgan fingerprint density at radius 2 is 1.65 bits per heavy atom. The van der Waals surface area contributed by atoms with Gasteiger partial charge in [0, 0.05) is 25.2 Å². The Morgan fingerprint density at radius 1 is 1.03 bits per heavy atom. The van der Waals surface area contributed by atoms with E-state index in [-0.39, 0.29) is 17.3 Å². The van der Waals surface area contributed by atoms with Crippen LogP contribution in [-0.4, -0.2) is 55.6 Å². The van der Waals surface area contributed by atoms with Gasteiger partial charge in [0.1, 0.15) is 6.04 Å². The van der Waals surface area contributed by atoms with Gasteiger partial charge in [0.15, 0.2) is 0 Å². The number of carbonyl (C=O) groups excluding carboxylic acids is 2. The highest BCUT2D eigenvalue weighted by atomic mass is 35.5. The number of halogens is 1. The molecule has 0 aliphatic rings. The van der Waals surface area contributed by atoms with Crippen LogP contribution in [-0.2, 0) is 26.2 Å². The predicted molar refractivity (Wildman–Crippen MR) is 121 cm³/mol. The molecule has 1 atom stereocenters. The van der Waals surface area contributed by atoms with Crippen molar-refractivity contribution in [1.82, 2.24) is 14.5 Å². The normalized spacial score (nSPS) is 12.4. The van der Waals surface area contributed by atoms with Gasteiger partial charge in [0.05, 0.1) is 11.4 Å². The fourth-order valence-corrected chi connectivity index (χ4v) is 4.39. The van der Waals surface area contributed by atoms with Gasteiger partial charge in [0.2, 0.25) is 21.8 Å². The number of rotatable bonds is 10. The van der Waals surface area contributed by atoms with Crippen LogP contribution in [0, 0.1) is 0 Å². The summed E-state index contributed by atoms with van der Waals surface area (Å²) in [6.45, 7) is 3.87. The van der Waals surface area contributed by atoms with E-state index in [0.717, 1.165) is 9.87 Å².